The van der Waals surface area contributed by atoms with Gasteiger partial charge in [0.2, 0.25) is 11.8 Å². The average Bonchev–Trinajstić information content (AvgIpc) is 2.55. The van der Waals surface area contributed by atoms with Crippen LogP contribution in [0.5, 0.6) is 0 Å². The van der Waals surface area contributed by atoms with Crippen LogP contribution in [0.25, 0.3) is 0 Å². The van der Waals surface area contributed by atoms with Gasteiger partial charge in [-0.2, -0.15) is 0 Å². The van der Waals surface area contributed by atoms with E-state index in [0.717, 1.165) is 0 Å². The van der Waals surface area contributed by atoms with Crippen molar-refractivity contribution in [1.82, 2.24) is 10.2 Å². The molecule has 0 radical (unpaired) electrons. The fraction of sp³-hybridized carbons (Fsp3) is 0.818. The number of nitrogens with zero attached hydrogens (tertiary/aromatic N) is 1. The Morgan fingerprint density at radius 1 is 1.62 bits per heavy atom. The number of aliphatic hydroxyl groups excluding tert-OH is 1. The van der Waals surface area contributed by atoms with Gasteiger partial charge in [0.15, 0.2) is 0 Å². The lowest BCUT2D eigenvalue weighted by molar-refractivity contribution is -0.128. The molecule has 1 heterocycles. The summed E-state index contributed by atoms with van der Waals surface area (Å²) in [6, 6.07) is 0. The van der Waals surface area contributed by atoms with E-state index in [0.29, 0.717) is 6.54 Å². The molecule has 0 bridgehead atoms. The summed E-state index contributed by atoms with van der Waals surface area (Å²) in [6.45, 7) is 4.51. The third kappa shape index (κ3) is 3.20. The number of hydrogen-bond donors (Lipinski definition) is 2. The van der Waals surface area contributed by atoms with Crippen molar-refractivity contribution < 1.29 is 14.7 Å². The zero-order valence-electron chi connectivity index (χ0n) is 10.1. The minimum absolute atomic E-state index is 0.00422. The normalized spacial score (nSPS) is 22.7. The van der Waals surface area contributed by atoms with E-state index in [2.05, 4.69) is 5.32 Å². The second kappa shape index (κ2) is 5.30. The van der Waals surface area contributed by atoms with Crippen LogP contribution in [0.15, 0.2) is 0 Å². The van der Waals surface area contributed by atoms with Gasteiger partial charge in [-0.25, -0.2) is 0 Å². The van der Waals surface area contributed by atoms with Crippen molar-refractivity contribution in [3.8, 4) is 0 Å². The zero-order chi connectivity index (χ0) is 12.3. The van der Waals surface area contributed by atoms with Crippen molar-refractivity contribution in [2.45, 2.75) is 26.4 Å². The molecule has 2 unspecified atom stereocenters. The standard InChI is InChI=1S/C11H20N2O3/c1-7(2)9(14)5-12-11(16)8-4-10(15)13(3)6-8/h7-9,14H,4-6H2,1-3H3,(H,12,16). The fourth-order valence-corrected chi connectivity index (χ4v) is 1.62. The molecule has 0 spiro atoms. The lowest BCUT2D eigenvalue weighted by atomic mass is 10.1. The number of nitrogens with one attached hydrogen (secondary N) is 1. The van der Waals surface area contributed by atoms with Crippen molar-refractivity contribution in [2.75, 3.05) is 20.1 Å². The van der Waals surface area contributed by atoms with Gasteiger partial charge in [-0.1, -0.05) is 13.8 Å². The Labute approximate surface area is 95.8 Å². The molecule has 2 atom stereocenters. The molecule has 16 heavy (non-hydrogen) atoms. The second-order valence-corrected chi connectivity index (χ2v) is 4.73. The number of likely N-dealkylation sites (tertiary alicyclic amines) is 1. The predicted octanol–water partition coefficient (Wildman–Crippen LogP) is -0.402. The van der Waals surface area contributed by atoms with Crippen molar-refractivity contribution in [3.63, 3.8) is 0 Å². The summed E-state index contributed by atoms with van der Waals surface area (Å²) in [6.07, 6.45) is -0.251. The lowest BCUT2D eigenvalue weighted by Crippen LogP contribution is -2.38. The first-order valence-electron chi connectivity index (χ1n) is 5.61. The Bertz CT molecular complexity index is 278. The zero-order valence-corrected chi connectivity index (χ0v) is 10.1. The Balaban J connectivity index is 2.34. The lowest BCUT2D eigenvalue weighted by Gasteiger charge is -2.16. The van der Waals surface area contributed by atoms with Crippen LogP contribution in [0, 0.1) is 11.8 Å². The molecule has 1 aliphatic rings. The van der Waals surface area contributed by atoms with Crippen molar-refractivity contribution in [3.05, 3.63) is 0 Å². The van der Waals surface area contributed by atoms with Crippen LogP contribution in [-0.4, -0.2) is 48.1 Å². The summed E-state index contributed by atoms with van der Waals surface area (Å²) in [5.74, 6) is -0.285. The first kappa shape index (κ1) is 13.0. The Kier molecular flexibility index (Phi) is 4.29. The topological polar surface area (TPSA) is 69.6 Å². The van der Waals surface area contributed by atoms with Crippen LogP contribution in [0.2, 0.25) is 0 Å². The minimum Gasteiger partial charge on any atom is -0.391 e. The van der Waals surface area contributed by atoms with Crippen LogP contribution in [-0.2, 0) is 9.59 Å². The first-order chi connectivity index (χ1) is 7.41. The largest absolute Gasteiger partial charge is 0.391 e. The highest BCUT2D eigenvalue weighted by Crippen LogP contribution is 2.15. The SMILES string of the molecule is CC(C)C(O)CNC(=O)C1CC(=O)N(C)C1. The Hall–Kier alpha value is -1.10. The van der Waals surface area contributed by atoms with E-state index in [4.69, 9.17) is 0 Å². The summed E-state index contributed by atoms with van der Waals surface area (Å²) in [7, 11) is 1.69. The van der Waals surface area contributed by atoms with Gasteiger partial charge in [0.1, 0.15) is 0 Å². The number of hydrogen-bond acceptors (Lipinski definition) is 3. The third-order valence-corrected chi connectivity index (χ3v) is 2.97. The van der Waals surface area contributed by atoms with Crippen LogP contribution in [0.3, 0.4) is 0 Å². The highest BCUT2D eigenvalue weighted by molar-refractivity contribution is 5.89. The second-order valence-electron chi connectivity index (χ2n) is 4.73. The predicted molar refractivity (Wildman–Crippen MR) is 59.6 cm³/mol. The molecule has 5 nitrogen and oxygen atoms in total. The first-order valence-corrected chi connectivity index (χ1v) is 5.61. The van der Waals surface area contributed by atoms with E-state index in [-0.39, 0.29) is 36.6 Å². The third-order valence-electron chi connectivity index (χ3n) is 2.97. The Morgan fingerprint density at radius 3 is 2.69 bits per heavy atom. The molecule has 1 saturated heterocycles. The summed E-state index contributed by atoms with van der Waals surface area (Å²) < 4.78 is 0. The average molecular weight is 228 g/mol. The number of aliphatic hydroxyl groups is 1. The van der Waals surface area contributed by atoms with Gasteiger partial charge < -0.3 is 15.3 Å². The molecule has 1 rings (SSSR count). The van der Waals surface area contributed by atoms with Crippen LogP contribution >= 0.6 is 0 Å². The summed E-state index contributed by atoms with van der Waals surface area (Å²) in [4.78, 5) is 24.5. The van der Waals surface area contributed by atoms with Gasteiger partial charge in [0.25, 0.3) is 0 Å². The Morgan fingerprint density at radius 2 is 2.25 bits per heavy atom. The number of carbonyl (C=O) groups is 2. The van der Waals surface area contributed by atoms with Crippen LogP contribution < -0.4 is 5.32 Å². The fourth-order valence-electron chi connectivity index (χ4n) is 1.62. The van der Waals surface area contributed by atoms with Gasteiger partial charge in [-0.15, -0.1) is 0 Å². The highest BCUT2D eigenvalue weighted by atomic mass is 16.3. The molecule has 1 fully saturated rings. The van der Waals surface area contributed by atoms with Gasteiger partial charge >= 0.3 is 0 Å². The number of carbonyl (C=O) groups excluding carboxylic acids is 2. The molecule has 92 valence electrons. The van der Waals surface area contributed by atoms with E-state index in [9.17, 15) is 14.7 Å². The smallest absolute Gasteiger partial charge is 0.225 e. The molecule has 0 aromatic carbocycles. The van der Waals surface area contributed by atoms with Crippen molar-refractivity contribution in [1.29, 1.82) is 0 Å². The van der Waals surface area contributed by atoms with Crippen LogP contribution in [0.1, 0.15) is 20.3 Å². The molecule has 0 aliphatic carbocycles. The molecule has 0 saturated carbocycles. The van der Waals surface area contributed by atoms with E-state index in [1.807, 2.05) is 13.8 Å². The summed E-state index contributed by atoms with van der Waals surface area (Å²) in [5.41, 5.74) is 0. The van der Waals surface area contributed by atoms with Gasteiger partial charge in [0.05, 0.1) is 12.0 Å². The quantitative estimate of drug-likeness (QED) is 0.687. The van der Waals surface area contributed by atoms with E-state index < -0.39 is 6.10 Å². The molecular weight excluding hydrogens is 208 g/mol. The molecular formula is C11H20N2O3. The van der Waals surface area contributed by atoms with E-state index >= 15 is 0 Å². The maximum atomic E-state index is 11.7. The molecule has 0 aromatic heterocycles. The molecule has 1 aliphatic heterocycles. The molecule has 0 aromatic rings. The van der Waals surface area contributed by atoms with Gasteiger partial charge in [0, 0.05) is 26.6 Å². The molecule has 2 amide bonds. The minimum atomic E-state index is -0.529. The molecule has 5 heteroatoms. The maximum Gasteiger partial charge on any atom is 0.225 e. The van der Waals surface area contributed by atoms with Crippen molar-refractivity contribution >= 4 is 11.8 Å². The van der Waals surface area contributed by atoms with Crippen LogP contribution in [0.4, 0.5) is 0 Å². The monoisotopic (exact) mass is 228 g/mol. The van der Waals surface area contributed by atoms with Crippen molar-refractivity contribution in [2.24, 2.45) is 11.8 Å². The molecule has 2 N–H and O–H groups in total. The van der Waals surface area contributed by atoms with E-state index in [1.54, 1.807) is 11.9 Å². The van der Waals surface area contributed by atoms with Gasteiger partial charge in [-0.3, -0.25) is 9.59 Å². The number of amides is 2. The number of rotatable bonds is 4. The van der Waals surface area contributed by atoms with Gasteiger partial charge in [-0.05, 0) is 5.92 Å². The summed E-state index contributed by atoms with van der Waals surface area (Å²) in [5, 5.41) is 12.2. The van der Waals surface area contributed by atoms with E-state index in [1.165, 1.54) is 0 Å². The maximum absolute atomic E-state index is 11.7. The summed E-state index contributed by atoms with van der Waals surface area (Å²) >= 11 is 0. The highest BCUT2D eigenvalue weighted by Gasteiger charge is 2.32.